The Morgan fingerprint density at radius 1 is 1.38 bits per heavy atom. The maximum atomic E-state index is 12.7. The molecule has 1 amide bonds. The van der Waals surface area contributed by atoms with Crippen LogP contribution in [0.3, 0.4) is 0 Å². The molecule has 1 aliphatic rings. The molecule has 0 radical (unpaired) electrons. The number of aromatic hydroxyl groups is 1. The lowest BCUT2D eigenvalue weighted by Gasteiger charge is -2.25. The Balaban J connectivity index is 1.92. The Morgan fingerprint density at radius 3 is 3.00 bits per heavy atom. The van der Waals surface area contributed by atoms with Crippen LogP contribution < -0.4 is 5.73 Å². The van der Waals surface area contributed by atoms with E-state index in [2.05, 4.69) is 4.98 Å². The molecule has 0 saturated carbocycles. The SMILES string of the molecule is Nc1ccc(O)cc1C(=O)N1CCCC1c1cccnc1. The summed E-state index contributed by atoms with van der Waals surface area (Å²) in [4.78, 5) is 18.7. The maximum absolute atomic E-state index is 12.7. The monoisotopic (exact) mass is 283 g/mol. The molecule has 0 bridgehead atoms. The molecule has 1 aromatic carbocycles. The van der Waals surface area contributed by atoms with Crippen LogP contribution in [0.2, 0.25) is 0 Å². The first-order valence-corrected chi connectivity index (χ1v) is 6.96. The van der Waals surface area contributed by atoms with Gasteiger partial charge in [0, 0.05) is 24.6 Å². The second kappa shape index (κ2) is 5.44. The van der Waals surface area contributed by atoms with Crippen LogP contribution >= 0.6 is 0 Å². The quantitative estimate of drug-likeness (QED) is 0.655. The fraction of sp³-hybridized carbons (Fsp3) is 0.250. The van der Waals surface area contributed by atoms with E-state index >= 15 is 0 Å². The molecule has 3 N–H and O–H groups in total. The number of nitrogens with zero attached hydrogens (tertiary/aromatic N) is 2. The van der Waals surface area contributed by atoms with Crippen LogP contribution in [0.25, 0.3) is 0 Å². The van der Waals surface area contributed by atoms with E-state index in [1.165, 1.54) is 12.1 Å². The third-order valence-corrected chi connectivity index (χ3v) is 3.85. The molecular weight excluding hydrogens is 266 g/mol. The lowest BCUT2D eigenvalue weighted by Crippen LogP contribution is -2.31. The van der Waals surface area contributed by atoms with Crippen molar-refractivity contribution >= 4 is 11.6 Å². The number of carbonyl (C=O) groups is 1. The van der Waals surface area contributed by atoms with Crippen LogP contribution in [-0.2, 0) is 0 Å². The van der Waals surface area contributed by atoms with Crippen LogP contribution in [0.15, 0.2) is 42.7 Å². The average Bonchev–Trinajstić information content (AvgIpc) is 2.99. The first-order valence-electron chi connectivity index (χ1n) is 6.96. The Kier molecular flexibility index (Phi) is 3.48. The number of phenols is 1. The van der Waals surface area contributed by atoms with Gasteiger partial charge in [-0.25, -0.2) is 0 Å². The van der Waals surface area contributed by atoms with Gasteiger partial charge in [-0.1, -0.05) is 6.07 Å². The summed E-state index contributed by atoms with van der Waals surface area (Å²) >= 11 is 0. The highest BCUT2D eigenvalue weighted by Crippen LogP contribution is 2.34. The molecule has 1 atom stereocenters. The molecule has 1 unspecified atom stereocenters. The zero-order valence-corrected chi connectivity index (χ0v) is 11.6. The number of phenolic OH excluding ortho intramolecular Hbond substituents is 1. The number of nitrogens with two attached hydrogens (primary N) is 1. The van der Waals surface area contributed by atoms with E-state index in [0.717, 1.165) is 18.4 Å². The highest BCUT2D eigenvalue weighted by Gasteiger charge is 2.31. The number of hydrogen-bond acceptors (Lipinski definition) is 4. The van der Waals surface area contributed by atoms with E-state index < -0.39 is 0 Å². The summed E-state index contributed by atoms with van der Waals surface area (Å²) in [5, 5.41) is 9.58. The van der Waals surface area contributed by atoms with Crippen LogP contribution in [0.4, 0.5) is 5.69 Å². The number of aromatic nitrogens is 1. The van der Waals surface area contributed by atoms with Gasteiger partial charge in [-0.15, -0.1) is 0 Å². The Hall–Kier alpha value is -2.56. The summed E-state index contributed by atoms with van der Waals surface area (Å²) in [6.07, 6.45) is 5.38. The number of anilines is 1. The fourth-order valence-electron chi connectivity index (χ4n) is 2.81. The summed E-state index contributed by atoms with van der Waals surface area (Å²) in [7, 11) is 0. The van der Waals surface area contributed by atoms with Crippen molar-refractivity contribution < 1.29 is 9.90 Å². The van der Waals surface area contributed by atoms with Gasteiger partial charge in [0.15, 0.2) is 0 Å². The van der Waals surface area contributed by atoms with Crippen molar-refractivity contribution in [3.8, 4) is 5.75 Å². The zero-order chi connectivity index (χ0) is 14.8. The molecule has 2 heterocycles. The van der Waals surface area contributed by atoms with Crippen molar-refractivity contribution in [2.75, 3.05) is 12.3 Å². The summed E-state index contributed by atoms with van der Waals surface area (Å²) in [6, 6.07) is 8.34. The minimum Gasteiger partial charge on any atom is -0.508 e. The van der Waals surface area contributed by atoms with Crippen LogP contribution in [0.1, 0.15) is 34.8 Å². The fourth-order valence-corrected chi connectivity index (χ4v) is 2.81. The molecule has 1 aliphatic heterocycles. The lowest BCUT2D eigenvalue weighted by atomic mass is 10.1. The predicted molar refractivity (Wildman–Crippen MR) is 79.8 cm³/mol. The maximum Gasteiger partial charge on any atom is 0.256 e. The van der Waals surface area contributed by atoms with E-state index in [-0.39, 0.29) is 17.7 Å². The molecule has 21 heavy (non-hydrogen) atoms. The molecular formula is C16H17N3O2. The van der Waals surface area contributed by atoms with Gasteiger partial charge in [-0.2, -0.15) is 0 Å². The Morgan fingerprint density at radius 2 is 2.24 bits per heavy atom. The van der Waals surface area contributed by atoms with Gasteiger partial charge in [-0.3, -0.25) is 9.78 Å². The van der Waals surface area contributed by atoms with Crippen molar-refractivity contribution in [1.29, 1.82) is 0 Å². The Labute approximate surface area is 123 Å². The molecule has 5 heteroatoms. The number of likely N-dealkylation sites (tertiary alicyclic amines) is 1. The summed E-state index contributed by atoms with van der Waals surface area (Å²) in [6.45, 7) is 0.688. The van der Waals surface area contributed by atoms with Gasteiger partial charge in [0.05, 0.1) is 11.6 Å². The Bertz CT molecular complexity index is 658. The third-order valence-electron chi connectivity index (χ3n) is 3.85. The summed E-state index contributed by atoms with van der Waals surface area (Å²) in [5.74, 6) is -0.0978. The van der Waals surface area contributed by atoms with E-state index in [1.54, 1.807) is 18.5 Å². The molecule has 1 aromatic heterocycles. The van der Waals surface area contributed by atoms with Crippen molar-refractivity contribution in [2.45, 2.75) is 18.9 Å². The third kappa shape index (κ3) is 2.54. The van der Waals surface area contributed by atoms with E-state index in [9.17, 15) is 9.90 Å². The largest absolute Gasteiger partial charge is 0.508 e. The first-order chi connectivity index (χ1) is 10.2. The van der Waals surface area contributed by atoms with Gasteiger partial charge in [0.1, 0.15) is 5.75 Å². The highest BCUT2D eigenvalue weighted by atomic mass is 16.3. The van der Waals surface area contributed by atoms with Gasteiger partial charge in [0.2, 0.25) is 0 Å². The van der Waals surface area contributed by atoms with E-state index in [0.29, 0.717) is 17.8 Å². The second-order valence-corrected chi connectivity index (χ2v) is 5.21. The van der Waals surface area contributed by atoms with Crippen molar-refractivity contribution in [3.05, 3.63) is 53.9 Å². The smallest absolute Gasteiger partial charge is 0.256 e. The number of amides is 1. The van der Waals surface area contributed by atoms with Gasteiger partial charge in [0.25, 0.3) is 5.91 Å². The number of rotatable bonds is 2. The molecule has 2 aromatic rings. The topological polar surface area (TPSA) is 79.5 Å². The van der Waals surface area contributed by atoms with Crippen LogP contribution in [0, 0.1) is 0 Å². The molecule has 0 aliphatic carbocycles. The first kappa shape index (κ1) is 13.4. The predicted octanol–water partition coefficient (Wildman–Crippen LogP) is 2.35. The van der Waals surface area contributed by atoms with E-state index in [4.69, 9.17) is 5.73 Å². The molecule has 5 nitrogen and oxygen atoms in total. The number of carbonyl (C=O) groups excluding carboxylic acids is 1. The summed E-state index contributed by atoms with van der Waals surface area (Å²) < 4.78 is 0. The lowest BCUT2D eigenvalue weighted by molar-refractivity contribution is 0.0736. The van der Waals surface area contributed by atoms with Crippen molar-refractivity contribution in [3.63, 3.8) is 0 Å². The van der Waals surface area contributed by atoms with Crippen LogP contribution in [0.5, 0.6) is 5.75 Å². The van der Waals surface area contributed by atoms with Crippen molar-refractivity contribution in [1.82, 2.24) is 9.88 Å². The minimum atomic E-state index is -0.144. The minimum absolute atomic E-state index is 0.0212. The molecule has 108 valence electrons. The second-order valence-electron chi connectivity index (χ2n) is 5.21. The average molecular weight is 283 g/mol. The molecule has 0 spiro atoms. The molecule has 3 rings (SSSR count). The number of pyridine rings is 1. The van der Waals surface area contributed by atoms with Crippen molar-refractivity contribution in [2.24, 2.45) is 0 Å². The number of hydrogen-bond donors (Lipinski definition) is 2. The zero-order valence-electron chi connectivity index (χ0n) is 11.6. The van der Waals surface area contributed by atoms with Gasteiger partial charge in [-0.05, 0) is 42.7 Å². The number of nitrogen functional groups attached to an aromatic ring is 1. The molecule has 1 saturated heterocycles. The van der Waals surface area contributed by atoms with E-state index in [1.807, 2.05) is 17.0 Å². The van der Waals surface area contributed by atoms with Gasteiger partial charge >= 0.3 is 0 Å². The normalized spacial score (nSPS) is 17.9. The summed E-state index contributed by atoms with van der Waals surface area (Å²) in [5.41, 5.74) is 7.64. The highest BCUT2D eigenvalue weighted by molar-refractivity contribution is 5.99. The standard InChI is InChI=1S/C16H17N3O2/c17-14-6-5-12(20)9-13(14)16(21)19-8-2-4-15(19)11-3-1-7-18-10-11/h1,3,5-7,9-10,15,20H,2,4,8,17H2. The number of benzene rings is 1. The molecule has 1 fully saturated rings. The van der Waals surface area contributed by atoms with Crippen LogP contribution in [-0.4, -0.2) is 27.4 Å². The van der Waals surface area contributed by atoms with Gasteiger partial charge < -0.3 is 15.7 Å².